The molecule has 1 aromatic rings. The number of primary amides is 1. The molecule has 2 amide bonds. The highest BCUT2D eigenvalue weighted by molar-refractivity contribution is 6.30. The Bertz CT molecular complexity index is 865. The molecule has 6 nitrogen and oxygen atoms in total. The SMILES string of the molecule is Cc1c(CC(C(N)=O)C2CCCO2)cc(Cl)cc1CN1CCN(C(=O)C2CCCC2)[C@@H](C)C1. The molecule has 1 saturated carbocycles. The van der Waals surface area contributed by atoms with Gasteiger partial charge in [0, 0.05) is 49.8 Å². The van der Waals surface area contributed by atoms with Crippen molar-refractivity contribution in [2.45, 2.75) is 77.5 Å². The number of nitrogens with zero attached hydrogens (tertiary/aromatic N) is 2. The van der Waals surface area contributed by atoms with Gasteiger partial charge in [0.2, 0.25) is 11.8 Å². The number of amides is 2. The van der Waals surface area contributed by atoms with Crippen molar-refractivity contribution in [2.24, 2.45) is 17.6 Å². The molecular formula is C26H38ClN3O3. The molecule has 2 heterocycles. The highest BCUT2D eigenvalue weighted by Crippen LogP contribution is 2.30. The lowest BCUT2D eigenvalue weighted by Crippen LogP contribution is -2.54. The molecule has 182 valence electrons. The first-order chi connectivity index (χ1) is 15.8. The lowest BCUT2D eigenvalue weighted by Gasteiger charge is -2.41. The highest BCUT2D eigenvalue weighted by atomic mass is 35.5. The van der Waals surface area contributed by atoms with Crippen LogP contribution in [-0.4, -0.2) is 60.0 Å². The monoisotopic (exact) mass is 475 g/mol. The lowest BCUT2D eigenvalue weighted by atomic mass is 9.88. The Kier molecular flexibility index (Phi) is 7.98. The Hall–Kier alpha value is -1.63. The van der Waals surface area contributed by atoms with E-state index in [9.17, 15) is 9.59 Å². The van der Waals surface area contributed by atoms with Gasteiger partial charge in [-0.2, -0.15) is 0 Å². The summed E-state index contributed by atoms with van der Waals surface area (Å²) >= 11 is 6.51. The van der Waals surface area contributed by atoms with Crippen molar-refractivity contribution < 1.29 is 14.3 Å². The van der Waals surface area contributed by atoms with Crippen molar-refractivity contribution >= 4 is 23.4 Å². The summed E-state index contributed by atoms with van der Waals surface area (Å²) in [5.74, 6) is -0.0475. The maximum atomic E-state index is 12.9. The number of piperazine rings is 1. The van der Waals surface area contributed by atoms with Crippen LogP contribution >= 0.6 is 11.6 Å². The van der Waals surface area contributed by atoms with Crippen LogP contribution in [0, 0.1) is 18.8 Å². The smallest absolute Gasteiger partial charge is 0.226 e. The Morgan fingerprint density at radius 3 is 2.52 bits per heavy atom. The topological polar surface area (TPSA) is 75.9 Å². The number of nitrogens with two attached hydrogens (primary N) is 1. The Labute approximate surface area is 202 Å². The minimum Gasteiger partial charge on any atom is -0.377 e. The van der Waals surface area contributed by atoms with E-state index >= 15 is 0 Å². The van der Waals surface area contributed by atoms with E-state index in [4.69, 9.17) is 22.1 Å². The fourth-order valence-corrected chi connectivity index (χ4v) is 6.16. The second-order valence-electron chi connectivity index (χ2n) is 10.2. The van der Waals surface area contributed by atoms with E-state index < -0.39 is 0 Å². The largest absolute Gasteiger partial charge is 0.377 e. The molecule has 2 aliphatic heterocycles. The van der Waals surface area contributed by atoms with Gasteiger partial charge in [0.25, 0.3) is 0 Å². The van der Waals surface area contributed by atoms with Crippen LogP contribution in [0.3, 0.4) is 0 Å². The zero-order valence-corrected chi connectivity index (χ0v) is 20.8. The molecule has 2 saturated heterocycles. The van der Waals surface area contributed by atoms with Crippen LogP contribution in [0.2, 0.25) is 5.02 Å². The summed E-state index contributed by atoms with van der Waals surface area (Å²) in [7, 11) is 0. The van der Waals surface area contributed by atoms with Crippen molar-refractivity contribution in [3.8, 4) is 0 Å². The van der Waals surface area contributed by atoms with Gasteiger partial charge in [-0.3, -0.25) is 14.5 Å². The van der Waals surface area contributed by atoms with E-state index in [1.54, 1.807) is 0 Å². The molecule has 0 radical (unpaired) electrons. The standard InChI is InChI=1S/C26H38ClN3O3/c1-17-15-29(9-10-30(17)26(32)19-6-3-4-7-19)16-21-13-22(27)12-20(18(21)2)14-23(25(28)31)24-8-5-11-33-24/h12-13,17,19,23-24H,3-11,14-16H2,1-2H3,(H2,28,31)/t17-,23?,24?/m0/s1. The van der Waals surface area contributed by atoms with Gasteiger partial charge in [-0.05, 0) is 74.8 Å². The van der Waals surface area contributed by atoms with Crippen molar-refractivity contribution in [1.29, 1.82) is 0 Å². The Morgan fingerprint density at radius 1 is 1.15 bits per heavy atom. The molecule has 3 atom stereocenters. The first-order valence-electron chi connectivity index (χ1n) is 12.5. The third kappa shape index (κ3) is 5.72. The number of hydrogen-bond donors (Lipinski definition) is 1. The number of halogens is 1. The normalized spacial score (nSPS) is 25.5. The number of ether oxygens (including phenoxy) is 1. The van der Waals surface area contributed by atoms with Gasteiger partial charge in [0.05, 0.1) is 12.0 Å². The van der Waals surface area contributed by atoms with Gasteiger partial charge in [-0.15, -0.1) is 0 Å². The molecular weight excluding hydrogens is 438 g/mol. The zero-order chi connectivity index (χ0) is 23.5. The highest BCUT2D eigenvalue weighted by Gasteiger charge is 2.34. The summed E-state index contributed by atoms with van der Waals surface area (Å²) < 4.78 is 5.77. The first kappa shape index (κ1) is 24.5. The average Bonchev–Trinajstić information content (AvgIpc) is 3.49. The van der Waals surface area contributed by atoms with Crippen molar-refractivity contribution in [1.82, 2.24) is 9.80 Å². The van der Waals surface area contributed by atoms with E-state index in [1.807, 2.05) is 12.1 Å². The van der Waals surface area contributed by atoms with Crippen LogP contribution in [0.25, 0.3) is 0 Å². The number of carbonyl (C=O) groups excluding carboxylic acids is 2. The number of rotatable bonds is 7. The van der Waals surface area contributed by atoms with Gasteiger partial charge < -0.3 is 15.4 Å². The molecule has 7 heteroatoms. The molecule has 4 rings (SSSR count). The summed E-state index contributed by atoms with van der Waals surface area (Å²) in [5.41, 5.74) is 9.16. The van der Waals surface area contributed by atoms with Gasteiger partial charge in [-0.1, -0.05) is 24.4 Å². The molecule has 33 heavy (non-hydrogen) atoms. The zero-order valence-electron chi connectivity index (χ0n) is 20.0. The van der Waals surface area contributed by atoms with Gasteiger partial charge in [-0.25, -0.2) is 0 Å². The predicted octanol–water partition coefficient (Wildman–Crippen LogP) is 3.69. The van der Waals surface area contributed by atoms with E-state index in [0.29, 0.717) is 24.0 Å². The quantitative estimate of drug-likeness (QED) is 0.652. The van der Waals surface area contributed by atoms with E-state index in [2.05, 4.69) is 23.6 Å². The average molecular weight is 476 g/mol. The van der Waals surface area contributed by atoms with Crippen molar-refractivity contribution in [2.75, 3.05) is 26.2 Å². The molecule has 1 aromatic carbocycles. The van der Waals surface area contributed by atoms with Crippen LogP contribution in [0.5, 0.6) is 0 Å². The maximum absolute atomic E-state index is 12.9. The van der Waals surface area contributed by atoms with Crippen molar-refractivity contribution in [3.63, 3.8) is 0 Å². The summed E-state index contributed by atoms with van der Waals surface area (Å²) in [4.78, 5) is 29.6. The fraction of sp³-hybridized carbons (Fsp3) is 0.692. The van der Waals surface area contributed by atoms with Crippen LogP contribution in [0.15, 0.2) is 12.1 Å². The van der Waals surface area contributed by atoms with E-state index in [1.165, 1.54) is 24.0 Å². The molecule has 3 aliphatic rings. The second-order valence-corrected chi connectivity index (χ2v) is 10.6. The minimum atomic E-state index is -0.331. The van der Waals surface area contributed by atoms with Crippen LogP contribution in [0.1, 0.15) is 62.1 Å². The van der Waals surface area contributed by atoms with Crippen molar-refractivity contribution in [3.05, 3.63) is 33.8 Å². The maximum Gasteiger partial charge on any atom is 0.226 e. The summed E-state index contributed by atoms with van der Waals surface area (Å²) in [6, 6.07) is 4.21. The van der Waals surface area contributed by atoms with Crippen LogP contribution in [-0.2, 0) is 27.3 Å². The summed E-state index contributed by atoms with van der Waals surface area (Å²) in [5, 5.41) is 0.684. The summed E-state index contributed by atoms with van der Waals surface area (Å²) in [6.07, 6.45) is 6.77. The number of benzene rings is 1. The first-order valence-corrected chi connectivity index (χ1v) is 12.9. The third-order valence-corrected chi connectivity index (χ3v) is 8.12. The molecule has 0 aromatic heterocycles. The van der Waals surface area contributed by atoms with E-state index in [0.717, 1.165) is 57.4 Å². The molecule has 2 unspecified atom stereocenters. The summed E-state index contributed by atoms with van der Waals surface area (Å²) in [6.45, 7) is 8.26. The van der Waals surface area contributed by atoms with E-state index in [-0.39, 0.29) is 29.9 Å². The molecule has 1 aliphatic carbocycles. The Morgan fingerprint density at radius 2 is 1.88 bits per heavy atom. The fourth-order valence-electron chi connectivity index (χ4n) is 5.90. The minimum absolute atomic E-state index is 0.101. The number of hydrogen-bond acceptors (Lipinski definition) is 4. The molecule has 2 N–H and O–H groups in total. The third-order valence-electron chi connectivity index (χ3n) is 7.90. The Balaban J connectivity index is 1.42. The molecule has 0 spiro atoms. The predicted molar refractivity (Wildman–Crippen MR) is 130 cm³/mol. The molecule has 3 fully saturated rings. The van der Waals surface area contributed by atoms with Gasteiger partial charge in [0.15, 0.2) is 0 Å². The lowest BCUT2D eigenvalue weighted by molar-refractivity contribution is -0.140. The van der Waals surface area contributed by atoms with Crippen LogP contribution < -0.4 is 5.73 Å². The number of carbonyl (C=O) groups is 2. The van der Waals surface area contributed by atoms with Gasteiger partial charge >= 0.3 is 0 Å². The second kappa shape index (κ2) is 10.7. The van der Waals surface area contributed by atoms with Crippen LogP contribution in [0.4, 0.5) is 0 Å². The molecule has 0 bridgehead atoms. The van der Waals surface area contributed by atoms with Gasteiger partial charge in [0.1, 0.15) is 0 Å².